The van der Waals surface area contributed by atoms with Gasteiger partial charge in [0.25, 0.3) is 5.88 Å². The monoisotopic (exact) mass is 407 g/mol. The number of likely N-dealkylation sites (N-methyl/N-ethyl adjacent to an activating group) is 1. The van der Waals surface area contributed by atoms with E-state index in [4.69, 9.17) is 9.47 Å². The van der Waals surface area contributed by atoms with E-state index < -0.39 is 0 Å². The normalized spacial score (nSPS) is 12.4. The van der Waals surface area contributed by atoms with Gasteiger partial charge in [-0.2, -0.15) is 0 Å². The Kier molecular flexibility index (Phi) is 6.51. The molecule has 4 rings (SSSR count). The Balaban J connectivity index is 1.36. The molecule has 0 aliphatic carbocycles. The highest BCUT2D eigenvalue weighted by atomic mass is 16.6. The maximum absolute atomic E-state index is 5.72. The molecule has 0 unspecified atom stereocenters. The summed E-state index contributed by atoms with van der Waals surface area (Å²) in [5.74, 6) is 2.91. The molecule has 3 N–H and O–H groups in total. The van der Waals surface area contributed by atoms with Crippen LogP contribution in [0, 0.1) is 0 Å². The summed E-state index contributed by atoms with van der Waals surface area (Å²) in [5.41, 5.74) is 2.82. The first-order valence-corrected chi connectivity index (χ1v) is 9.98. The van der Waals surface area contributed by atoms with E-state index in [0.717, 1.165) is 53.7 Å². The predicted octanol–water partition coefficient (Wildman–Crippen LogP) is 1.99. The second-order valence-electron chi connectivity index (χ2n) is 6.73. The van der Waals surface area contributed by atoms with E-state index in [0.29, 0.717) is 25.6 Å². The fraction of sp³-hybridized carbons (Fsp3) is 0.333. The van der Waals surface area contributed by atoms with Crippen molar-refractivity contribution < 1.29 is 9.47 Å². The minimum atomic E-state index is 0.535. The number of nitrogens with zero attached hydrogens (tertiary/aromatic N) is 4. The van der Waals surface area contributed by atoms with Gasteiger partial charge >= 0.3 is 0 Å². The molecule has 0 atom stereocenters. The highest BCUT2D eigenvalue weighted by Crippen LogP contribution is 2.31. The Bertz CT molecular complexity index is 966. The van der Waals surface area contributed by atoms with Crippen molar-refractivity contribution in [2.45, 2.75) is 6.42 Å². The van der Waals surface area contributed by atoms with Gasteiger partial charge in [0.1, 0.15) is 31.2 Å². The Morgan fingerprint density at radius 3 is 2.67 bits per heavy atom. The van der Waals surface area contributed by atoms with Crippen molar-refractivity contribution in [2.24, 2.45) is 0 Å². The average Bonchev–Trinajstić information content (AvgIpc) is 2.80. The Morgan fingerprint density at radius 2 is 1.80 bits per heavy atom. The van der Waals surface area contributed by atoms with Crippen molar-refractivity contribution in [3.63, 3.8) is 0 Å². The Morgan fingerprint density at radius 1 is 0.900 bits per heavy atom. The first-order valence-electron chi connectivity index (χ1n) is 9.98. The molecule has 1 aliphatic heterocycles. The lowest BCUT2D eigenvalue weighted by atomic mass is 10.1. The Labute approximate surface area is 175 Å². The van der Waals surface area contributed by atoms with E-state index in [2.05, 4.69) is 35.9 Å². The molecule has 30 heavy (non-hydrogen) atoms. The van der Waals surface area contributed by atoms with Crippen molar-refractivity contribution in [1.82, 2.24) is 25.3 Å². The molecule has 1 aliphatic rings. The number of aromatic nitrogens is 4. The van der Waals surface area contributed by atoms with Gasteiger partial charge < -0.3 is 25.4 Å². The highest BCUT2D eigenvalue weighted by molar-refractivity contribution is 5.62. The molecule has 0 saturated carbocycles. The second kappa shape index (κ2) is 9.84. The third-order valence-corrected chi connectivity index (χ3v) is 4.63. The largest absolute Gasteiger partial charge is 0.484 e. The topological polar surface area (TPSA) is 106 Å². The van der Waals surface area contributed by atoms with Gasteiger partial charge in [-0.05, 0) is 31.7 Å². The molecule has 0 spiro atoms. The third kappa shape index (κ3) is 4.93. The zero-order valence-corrected chi connectivity index (χ0v) is 16.9. The van der Waals surface area contributed by atoms with Gasteiger partial charge in [-0.3, -0.25) is 0 Å². The zero-order valence-electron chi connectivity index (χ0n) is 16.9. The van der Waals surface area contributed by atoms with Gasteiger partial charge in [0.2, 0.25) is 0 Å². The molecule has 3 aromatic rings. The minimum absolute atomic E-state index is 0.535. The molecule has 3 aromatic heterocycles. The van der Waals surface area contributed by atoms with Gasteiger partial charge in [-0.1, -0.05) is 0 Å². The van der Waals surface area contributed by atoms with Crippen LogP contribution in [0.1, 0.15) is 5.56 Å². The summed E-state index contributed by atoms with van der Waals surface area (Å²) in [7, 11) is 1.92. The van der Waals surface area contributed by atoms with E-state index in [1.165, 1.54) is 0 Å². The maximum Gasteiger partial charge on any atom is 0.257 e. The average molecular weight is 407 g/mol. The number of rotatable bonds is 9. The first-order chi connectivity index (χ1) is 14.8. The van der Waals surface area contributed by atoms with Crippen LogP contribution in [0.2, 0.25) is 0 Å². The second-order valence-corrected chi connectivity index (χ2v) is 6.73. The zero-order chi connectivity index (χ0) is 20.6. The fourth-order valence-electron chi connectivity index (χ4n) is 3.11. The summed E-state index contributed by atoms with van der Waals surface area (Å²) < 4.78 is 11.3. The molecule has 0 radical (unpaired) electrons. The van der Waals surface area contributed by atoms with E-state index in [9.17, 15) is 0 Å². The van der Waals surface area contributed by atoms with E-state index in [-0.39, 0.29) is 0 Å². The molecule has 156 valence electrons. The number of ether oxygens (including phenoxy) is 2. The van der Waals surface area contributed by atoms with Crippen LogP contribution in [-0.2, 0) is 6.42 Å². The summed E-state index contributed by atoms with van der Waals surface area (Å²) in [5, 5.41) is 9.70. The standard InChI is InChI=1S/C21H25N7O2/c1-22-8-9-24-18-3-2-16(13-26-18)17-12-19(28-14-27-17)23-6-4-15-5-7-25-21-20(15)29-10-11-30-21/h2-3,5,7,12-14,22H,4,6,8-11H2,1H3,(H,24,26)(H,23,27,28). The number of pyridine rings is 2. The quantitative estimate of drug-likeness (QED) is 0.459. The minimum Gasteiger partial charge on any atom is -0.484 e. The van der Waals surface area contributed by atoms with Gasteiger partial charge in [0, 0.05) is 49.2 Å². The van der Waals surface area contributed by atoms with Gasteiger partial charge in [0.05, 0.1) is 5.69 Å². The molecule has 0 bridgehead atoms. The molecule has 9 heteroatoms. The summed E-state index contributed by atoms with van der Waals surface area (Å²) in [4.78, 5) is 17.4. The predicted molar refractivity (Wildman–Crippen MR) is 115 cm³/mol. The number of fused-ring (bicyclic) bond motifs is 1. The molecule has 0 amide bonds. The molecule has 0 fully saturated rings. The molecule has 0 saturated heterocycles. The highest BCUT2D eigenvalue weighted by Gasteiger charge is 2.16. The first kappa shape index (κ1) is 19.8. The van der Waals surface area contributed by atoms with E-state index in [1.807, 2.05) is 37.5 Å². The molecule has 9 nitrogen and oxygen atoms in total. The van der Waals surface area contributed by atoms with Crippen LogP contribution in [0.4, 0.5) is 11.6 Å². The lowest BCUT2D eigenvalue weighted by molar-refractivity contribution is 0.163. The van der Waals surface area contributed by atoms with Crippen LogP contribution in [0.25, 0.3) is 11.3 Å². The summed E-state index contributed by atoms with van der Waals surface area (Å²) in [6, 6.07) is 7.83. The smallest absolute Gasteiger partial charge is 0.257 e. The van der Waals surface area contributed by atoms with Crippen molar-refractivity contribution >= 4 is 11.6 Å². The lowest BCUT2D eigenvalue weighted by Crippen LogP contribution is -2.18. The fourth-order valence-corrected chi connectivity index (χ4v) is 3.11. The van der Waals surface area contributed by atoms with E-state index in [1.54, 1.807) is 12.5 Å². The number of nitrogens with one attached hydrogen (secondary N) is 3. The van der Waals surface area contributed by atoms with Gasteiger partial charge in [-0.25, -0.2) is 19.9 Å². The number of anilines is 2. The van der Waals surface area contributed by atoms with Crippen molar-refractivity contribution in [3.8, 4) is 22.9 Å². The van der Waals surface area contributed by atoms with E-state index >= 15 is 0 Å². The number of hydrogen-bond donors (Lipinski definition) is 3. The van der Waals surface area contributed by atoms with Crippen LogP contribution < -0.4 is 25.4 Å². The molecule has 4 heterocycles. The summed E-state index contributed by atoms with van der Waals surface area (Å²) >= 11 is 0. The summed E-state index contributed by atoms with van der Waals surface area (Å²) in [6.45, 7) is 3.48. The van der Waals surface area contributed by atoms with Crippen LogP contribution in [0.5, 0.6) is 11.6 Å². The van der Waals surface area contributed by atoms with Crippen molar-refractivity contribution in [3.05, 3.63) is 48.5 Å². The Hall–Kier alpha value is -3.46. The van der Waals surface area contributed by atoms with Gasteiger partial charge in [0.15, 0.2) is 5.75 Å². The van der Waals surface area contributed by atoms with Crippen molar-refractivity contribution in [1.29, 1.82) is 0 Å². The lowest BCUT2D eigenvalue weighted by Gasteiger charge is -2.19. The van der Waals surface area contributed by atoms with Crippen LogP contribution in [-0.4, -0.2) is 59.8 Å². The third-order valence-electron chi connectivity index (χ3n) is 4.63. The van der Waals surface area contributed by atoms with Gasteiger partial charge in [-0.15, -0.1) is 0 Å². The van der Waals surface area contributed by atoms with Crippen LogP contribution in [0.15, 0.2) is 43.0 Å². The molecular formula is C21H25N7O2. The maximum atomic E-state index is 5.72. The number of hydrogen-bond acceptors (Lipinski definition) is 9. The van der Waals surface area contributed by atoms with Crippen LogP contribution in [0.3, 0.4) is 0 Å². The molecule has 0 aromatic carbocycles. The molecular weight excluding hydrogens is 382 g/mol. The van der Waals surface area contributed by atoms with Crippen molar-refractivity contribution in [2.75, 3.05) is 50.5 Å². The van der Waals surface area contributed by atoms with Crippen LogP contribution >= 0.6 is 0 Å². The summed E-state index contributed by atoms with van der Waals surface area (Å²) in [6.07, 6.45) is 5.88. The SMILES string of the molecule is CNCCNc1ccc(-c2cc(NCCc3ccnc4c3OCCO4)ncn2)cn1.